The molecule has 2 atom stereocenters. The third-order valence-electron chi connectivity index (χ3n) is 5.86. The molecule has 2 heterocycles. The zero-order valence-electron chi connectivity index (χ0n) is 16.6. The SMILES string of the molecule is CC(C)(C)N1CCC2(CC1)Cc1ncccc1[C@@H]2N[S@+]([O-])C(C)(C)C. The monoisotopic (exact) mass is 363 g/mol. The summed E-state index contributed by atoms with van der Waals surface area (Å²) < 4.78 is 16.1. The minimum absolute atomic E-state index is 0.137. The van der Waals surface area contributed by atoms with E-state index in [1.807, 2.05) is 33.0 Å². The Hall–Kier alpha value is -0.620. The maximum atomic E-state index is 12.8. The van der Waals surface area contributed by atoms with Crippen molar-refractivity contribution in [1.82, 2.24) is 14.6 Å². The first-order chi connectivity index (χ1) is 11.5. The van der Waals surface area contributed by atoms with E-state index in [-0.39, 0.29) is 21.7 Å². The molecule has 1 saturated heterocycles. The van der Waals surface area contributed by atoms with Gasteiger partial charge in [0.05, 0.1) is 6.04 Å². The molecule has 2 aliphatic rings. The van der Waals surface area contributed by atoms with Crippen LogP contribution in [0.25, 0.3) is 0 Å². The van der Waals surface area contributed by atoms with E-state index in [0.717, 1.165) is 32.4 Å². The zero-order chi connectivity index (χ0) is 18.5. The van der Waals surface area contributed by atoms with Crippen molar-refractivity contribution < 1.29 is 4.55 Å². The Balaban J connectivity index is 1.86. The fourth-order valence-electron chi connectivity index (χ4n) is 4.19. The summed E-state index contributed by atoms with van der Waals surface area (Å²) >= 11 is -1.08. The summed E-state index contributed by atoms with van der Waals surface area (Å²) in [5, 5.41) is 0. The van der Waals surface area contributed by atoms with Crippen LogP contribution in [-0.4, -0.2) is 37.8 Å². The predicted molar refractivity (Wildman–Crippen MR) is 105 cm³/mol. The van der Waals surface area contributed by atoms with Gasteiger partial charge in [0.1, 0.15) is 4.75 Å². The van der Waals surface area contributed by atoms with Crippen LogP contribution in [-0.2, 0) is 17.8 Å². The van der Waals surface area contributed by atoms with E-state index in [9.17, 15) is 4.55 Å². The number of piperidine rings is 1. The summed E-state index contributed by atoms with van der Waals surface area (Å²) in [7, 11) is 0. The minimum Gasteiger partial charge on any atom is -0.598 e. The highest BCUT2D eigenvalue weighted by molar-refractivity contribution is 7.90. The van der Waals surface area contributed by atoms with E-state index in [0.29, 0.717) is 0 Å². The van der Waals surface area contributed by atoms with Gasteiger partial charge in [0.25, 0.3) is 0 Å². The molecule has 140 valence electrons. The molecule has 0 aromatic carbocycles. The lowest BCUT2D eigenvalue weighted by Crippen LogP contribution is -2.53. The molecule has 0 saturated carbocycles. The molecule has 3 rings (SSSR count). The van der Waals surface area contributed by atoms with E-state index >= 15 is 0 Å². The van der Waals surface area contributed by atoms with Crippen molar-refractivity contribution in [3.05, 3.63) is 29.6 Å². The van der Waals surface area contributed by atoms with Crippen molar-refractivity contribution in [2.75, 3.05) is 13.1 Å². The molecule has 5 heteroatoms. The summed E-state index contributed by atoms with van der Waals surface area (Å²) in [5.74, 6) is 0. The van der Waals surface area contributed by atoms with Crippen LogP contribution in [0, 0.1) is 5.41 Å². The second-order valence-electron chi connectivity index (χ2n) is 9.67. The zero-order valence-corrected chi connectivity index (χ0v) is 17.4. The standard InChI is InChI=1S/C20H33N3OS/c1-18(2,3)23-12-9-20(10-13-23)14-16-15(8-7-11-21-16)17(20)22-25(24)19(4,5)6/h7-8,11,17,22H,9-10,12-14H2,1-6H3/t17-,25+/m0/s1. The first-order valence-electron chi connectivity index (χ1n) is 9.40. The van der Waals surface area contributed by atoms with Gasteiger partial charge in [-0.15, -0.1) is 4.72 Å². The second kappa shape index (κ2) is 6.52. The van der Waals surface area contributed by atoms with Crippen LogP contribution >= 0.6 is 0 Å². The Morgan fingerprint density at radius 3 is 2.40 bits per heavy atom. The molecule has 0 bridgehead atoms. The third kappa shape index (κ3) is 3.75. The number of aromatic nitrogens is 1. The molecule has 1 spiro atoms. The number of fused-ring (bicyclic) bond motifs is 1. The molecule has 4 nitrogen and oxygen atoms in total. The Labute approximate surface area is 156 Å². The molecular formula is C20H33N3OS. The molecule has 1 fully saturated rings. The molecule has 1 N–H and O–H groups in total. The van der Waals surface area contributed by atoms with Crippen LogP contribution in [0.15, 0.2) is 18.3 Å². The fourth-order valence-corrected chi connectivity index (χ4v) is 5.13. The molecule has 0 unspecified atom stereocenters. The predicted octanol–water partition coefficient (Wildman–Crippen LogP) is 3.61. The van der Waals surface area contributed by atoms with E-state index < -0.39 is 11.4 Å². The number of hydrogen-bond acceptors (Lipinski definition) is 4. The number of nitrogens with zero attached hydrogens (tertiary/aromatic N) is 2. The van der Waals surface area contributed by atoms with Gasteiger partial charge in [0.2, 0.25) is 0 Å². The second-order valence-corrected chi connectivity index (χ2v) is 11.7. The van der Waals surface area contributed by atoms with E-state index in [2.05, 4.69) is 41.4 Å². The van der Waals surface area contributed by atoms with Crippen molar-refractivity contribution in [1.29, 1.82) is 0 Å². The molecule has 25 heavy (non-hydrogen) atoms. The van der Waals surface area contributed by atoms with Crippen LogP contribution in [0.4, 0.5) is 0 Å². The van der Waals surface area contributed by atoms with Gasteiger partial charge in [-0.3, -0.25) is 9.88 Å². The van der Waals surface area contributed by atoms with Crippen LogP contribution < -0.4 is 4.72 Å². The summed E-state index contributed by atoms with van der Waals surface area (Å²) in [5.41, 5.74) is 2.79. The Morgan fingerprint density at radius 2 is 1.84 bits per heavy atom. The van der Waals surface area contributed by atoms with Crippen LogP contribution in [0.2, 0.25) is 0 Å². The third-order valence-corrected chi connectivity index (χ3v) is 7.42. The molecule has 1 aromatic heterocycles. The van der Waals surface area contributed by atoms with Gasteiger partial charge in [-0.05, 0) is 85.5 Å². The highest BCUT2D eigenvalue weighted by Crippen LogP contribution is 2.52. The van der Waals surface area contributed by atoms with Gasteiger partial charge in [-0.2, -0.15) is 0 Å². The van der Waals surface area contributed by atoms with E-state index in [1.54, 1.807) is 0 Å². The summed E-state index contributed by atoms with van der Waals surface area (Å²) in [6, 6.07) is 4.32. The summed E-state index contributed by atoms with van der Waals surface area (Å²) in [4.78, 5) is 7.22. The lowest BCUT2D eigenvalue weighted by molar-refractivity contribution is 0.0313. The van der Waals surface area contributed by atoms with Crippen LogP contribution in [0.5, 0.6) is 0 Å². The largest absolute Gasteiger partial charge is 0.598 e. The van der Waals surface area contributed by atoms with Crippen LogP contribution in [0.3, 0.4) is 0 Å². The maximum absolute atomic E-state index is 12.8. The average molecular weight is 364 g/mol. The van der Waals surface area contributed by atoms with Crippen LogP contribution in [0.1, 0.15) is 71.7 Å². The lowest BCUT2D eigenvalue weighted by atomic mass is 9.72. The van der Waals surface area contributed by atoms with Gasteiger partial charge >= 0.3 is 0 Å². The van der Waals surface area contributed by atoms with Crippen molar-refractivity contribution in [2.24, 2.45) is 5.41 Å². The molecular weight excluding hydrogens is 330 g/mol. The molecule has 0 radical (unpaired) electrons. The normalized spacial score (nSPS) is 25.2. The number of hydrogen-bond donors (Lipinski definition) is 1. The number of nitrogens with one attached hydrogen (secondary N) is 1. The Morgan fingerprint density at radius 1 is 1.20 bits per heavy atom. The molecule has 0 amide bonds. The van der Waals surface area contributed by atoms with E-state index in [4.69, 9.17) is 0 Å². The highest BCUT2D eigenvalue weighted by atomic mass is 32.2. The van der Waals surface area contributed by atoms with Gasteiger partial charge in [-0.1, -0.05) is 6.07 Å². The smallest absolute Gasteiger partial charge is 0.136 e. The number of likely N-dealkylation sites (tertiary alicyclic amines) is 1. The molecule has 1 aromatic rings. The van der Waals surface area contributed by atoms with E-state index in [1.165, 1.54) is 11.3 Å². The van der Waals surface area contributed by atoms with Crippen molar-refractivity contribution in [2.45, 2.75) is 77.1 Å². The van der Waals surface area contributed by atoms with Crippen molar-refractivity contribution in [3.63, 3.8) is 0 Å². The number of pyridine rings is 1. The quantitative estimate of drug-likeness (QED) is 0.816. The molecule has 1 aliphatic carbocycles. The molecule has 1 aliphatic heterocycles. The van der Waals surface area contributed by atoms with Gasteiger partial charge in [0, 0.05) is 34.2 Å². The van der Waals surface area contributed by atoms with Crippen molar-refractivity contribution in [3.8, 4) is 0 Å². The van der Waals surface area contributed by atoms with Crippen molar-refractivity contribution >= 4 is 11.4 Å². The topological polar surface area (TPSA) is 51.2 Å². The average Bonchev–Trinajstić information content (AvgIpc) is 2.79. The van der Waals surface area contributed by atoms with Gasteiger partial charge in [0.15, 0.2) is 0 Å². The minimum atomic E-state index is -1.08. The lowest BCUT2D eigenvalue weighted by Gasteiger charge is -2.47. The maximum Gasteiger partial charge on any atom is 0.136 e. The summed E-state index contributed by atoms with van der Waals surface area (Å²) in [6.07, 6.45) is 5.14. The summed E-state index contributed by atoms with van der Waals surface area (Å²) in [6.45, 7) is 15.2. The Bertz CT molecular complexity index is 612. The van der Waals surface area contributed by atoms with Gasteiger partial charge < -0.3 is 4.55 Å². The first kappa shape index (κ1) is 19.2. The Kier molecular flexibility index (Phi) is 4.99. The number of rotatable bonds is 2. The first-order valence-corrected chi connectivity index (χ1v) is 10.5. The van der Waals surface area contributed by atoms with Gasteiger partial charge in [-0.25, -0.2) is 0 Å². The highest BCUT2D eigenvalue weighted by Gasteiger charge is 2.51. The fraction of sp³-hybridized carbons (Fsp3) is 0.750.